The quantitative estimate of drug-likeness (QED) is 0.743. The van der Waals surface area contributed by atoms with Crippen LogP contribution in [-0.4, -0.2) is 23.8 Å². The molecule has 0 heterocycles. The largest absolute Gasteiger partial charge is 0.399 e. The Morgan fingerprint density at radius 3 is 1.40 bits per heavy atom. The zero-order valence-corrected chi connectivity index (χ0v) is 9.04. The van der Waals surface area contributed by atoms with E-state index in [0.717, 1.165) is 13.8 Å². The molecule has 0 saturated heterocycles. The molecule has 0 aromatic rings. The molecule has 0 saturated carbocycles. The van der Waals surface area contributed by atoms with Gasteiger partial charge in [0.1, 0.15) is 5.41 Å². The van der Waals surface area contributed by atoms with Crippen LogP contribution in [0.2, 0.25) is 0 Å². The first-order valence-corrected chi connectivity index (χ1v) is 4.36. The minimum absolute atomic E-state index is 0.435. The fourth-order valence-corrected chi connectivity index (χ4v) is 1.12. The van der Waals surface area contributed by atoms with E-state index in [9.17, 15) is 22.0 Å². The van der Waals surface area contributed by atoms with Crippen LogP contribution in [0, 0.1) is 10.8 Å². The van der Waals surface area contributed by atoms with Crippen LogP contribution in [0.25, 0.3) is 0 Å². The number of aliphatic hydroxyl groups is 1. The van der Waals surface area contributed by atoms with Crippen LogP contribution in [0.4, 0.5) is 22.0 Å². The number of halogens is 5. The van der Waals surface area contributed by atoms with Crippen LogP contribution in [0.5, 0.6) is 0 Å². The molecule has 0 aromatic carbocycles. The second-order valence-electron chi connectivity index (χ2n) is 4.74. The van der Waals surface area contributed by atoms with Crippen molar-refractivity contribution in [2.24, 2.45) is 10.8 Å². The summed E-state index contributed by atoms with van der Waals surface area (Å²) in [4.78, 5) is 0. The van der Waals surface area contributed by atoms with Gasteiger partial charge in [-0.15, -0.1) is 0 Å². The van der Waals surface area contributed by atoms with E-state index in [2.05, 4.69) is 0 Å². The van der Waals surface area contributed by atoms with Crippen LogP contribution in [-0.2, 0) is 0 Å². The zero-order valence-electron chi connectivity index (χ0n) is 9.04. The summed E-state index contributed by atoms with van der Waals surface area (Å²) in [6.45, 7) is 1.66. The summed E-state index contributed by atoms with van der Waals surface area (Å²) in [5.74, 6) is -4.05. The molecule has 92 valence electrons. The number of aliphatic hydroxyl groups excluding tert-OH is 1. The van der Waals surface area contributed by atoms with E-state index in [1.807, 2.05) is 0 Å². The van der Waals surface area contributed by atoms with Crippen molar-refractivity contribution in [2.45, 2.75) is 39.8 Å². The molecule has 0 bridgehead atoms. The smallest absolute Gasteiger partial charge is 0.396 e. The van der Waals surface area contributed by atoms with Crippen LogP contribution in [0.3, 0.4) is 0 Å². The summed E-state index contributed by atoms with van der Waals surface area (Å²) < 4.78 is 64.5. The standard InChI is InChI=1S/C9H15F5O/c1-6(2,5-15)8(10,11)7(3,4)9(12,13)14/h15H,5H2,1-4H3. The van der Waals surface area contributed by atoms with Crippen molar-refractivity contribution in [1.29, 1.82) is 0 Å². The molecule has 0 amide bonds. The van der Waals surface area contributed by atoms with Crippen molar-refractivity contribution in [1.82, 2.24) is 0 Å². The average molecular weight is 234 g/mol. The maximum absolute atomic E-state index is 13.6. The van der Waals surface area contributed by atoms with Gasteiger partial charge in [0.05, 0.1) is 12.0 Å². The fraction of sp³-hybridized carbons (Fsp3) is 1.00. The lowest BCUT2D eigenvalue weighted by atomic mass is 9.71. The Balaban J connectivity index is 5.38. The van der Waals surface area contributed by atoms with E-state index >= 15 is 0 Å². The van der Waals surface area contributed by atoms with Gasteiger partial charge in [0.15, 0.2) is 0 Å². The highest BCUT2D eigenvalue weighted by Crippen LogP contribution is 2.55. The normalized spacial score (nSPS) is 15.6. The minimum atomic E-state index is -5.02. The Labute approximate surface area is 85.3 Å². The molecule has 15 heavy (non-hydrogen) atoms. The van der Waals surface area contributed by atoms with Crippen molar-refractivity contribution < 1.29 is 27.1 Å². The fourth-order valence-electron chi connectivity index (χ4n) is 1.12. The topological polar surface area (TPSA) is 20.2 Å². The van der Waals surface area contributed by atoms with Crippen LogP contribution in [0.1, 0.15) is 27.7 Å². The zero-order chi connectivity index (χ0) is 12.7. The Kier molecular flexibility index (Phi) is 3.48. The first kappa shape index (κ1) is 14.6. The van der Waals surface area contributed by atoms with E-state index in [-0.39, 0.29) is 0 Å². The Hall–Kier alpha value is -0.390. The molecular weight excluding hydrogens is 219 g/mol. The lowest BCUT2D eigenvalue weighted by Gasteiger charge is -2.44. The molecule has 0 radical (unpaired) electrons. The van der Waals surface area contributed by atoms with Gasteiger partial charge in [0.2, 0.25) is 0 Å². The van der Waals surface area contributed by atoms with Crippen LogP contribution < -0.4 is 0 Å². The molecular formula is C9H15F5O. The summed E-state index contributed by atoms with van der Waals surface area (Å²) in [6, 6.07) is 0. The number of hydrogen-bond donors (Lipinski definition) is 1. The third-order valence-corrected chi connectivity index (χ3v) is 2.74. The molecule has 1 nitrogen and oxygen atoms in total. The maximum atomic E-state index is 13.6. The predicted octanol–water partition coefficient (Wildman–Crippen LogP) is 3.23. The number of alkyl halides is 5. The van der Waals surface area contributed by atoms with Gasteiger partial charge >= 0.3 is 6.18 Å². The van der Waals surface area contributed by atoms with E-state index in [1.54, 1.807) is 0 Å². The van der Waals surface area contributed by atoms with Crippen molar-refractivity contribution in [3.05, 3.63) is 0 Å². The van der Waals surface area contributed by atoms with Gasteiger partial charge in [0.25, 0.3) is 5.92 Å². The van der Waals surface area contributed by atoms with Gasteiger partial charge in [-0.25, -0.2) is 8.78 Å². The third kappa shape index (κ3) is 2.09. The van der Waals surface area contributed by atoms with E-state index in [4.69, 9.17) is 5.11 Å². The lowest BCUT2D eigenvalue weighted by molar-refractivity contribution is -0.316. The van der Waals surface area contributed by atoms with E-state index in [0.29, 0.717) is 13.8 Å². The summed E-state index contributed by atoms with van der Waals surface area (Å²) in [5, 5.41) is 8.71. The highest BCUT2D eigenvalue weighted by Gasteiger charge is 2.68. The summed E-state index contributed by atoms with van der Waals surface area (Å²) in [7, 11) is 0. The van der Waals surface area contributed by atoms with Gasteiger partial charge in [-0.2, -0.15) is 13.2 Å². The monoisotopic (exact) mass is 234 g/mol. The highest BCUT2D eigenvalue weighted by molar-refractivity contribution is 4.99. The molecule has 0 spiro atoms. The second kappa shape index (κ2) is 3.57. The summed E-state index contributed by atoms with van der Waals surface area (Å²) in [5.41, 5.74) is -5.29. The predicted molar refractivity (Wildman–Crippen MR) is 45.6 cm³/mol. The molecule has 0 aliphatic rings. The maximum Gasteiger partial charge on any atom is 0.399 e. The summed E-state index contributed by atoms with van der Waals surface area (Å²) >= 11 is 0. The second-order valence-corrected chi connectivity index (χ2v) is 4.74. The van der Waals surface area contributed by atoms with Crippen molar-refractivity contribution in [2.75, 3.05) is 6.61 Å². The third-order valence-electron chi connectivity index (χ3n) is 2.74. The average Bonchev–Trinajstić information content (AvgIpc) is 2.01. The minimum Gasteiger partial charge on any atom is -0.396 e. The van der Waals surface area contributed by atoms with Crippen LogP contribution >= 0.6 is 0 Å². The molecule has 6 heteroatoms. The van der Waals surface area contributed by atoms with Crippen molar-refractivity contribution in [3.63, 3.8) is 0 Å². The first-order valence-electron chi connectivity index (χ1n) is 4.36. The lowest BCUT2D eigenvalue weighted by Crippen LogP contribution is -2.56. The van der Waals surface area contributed by atoms with Gasteiger partial charge in [0, 0.05) is 0 Å². The van der Waals surface area contributed by atoms with Crippen molar-refractivity contribution in [3.8, 4) is 0 Å². The van der Waals surface area contributed by atoms with E-state index in [1.165, 1.54) is 0 Å². The molecule has 0 unspecified atom stereocenters. The molecule has 0 aromatic heterocycles. The van der Waals surface area contributed by atoms with Gasteiger partial charge in [-0.1, -0.05) is 13.8 Å². The summed E-state index contributed by atoms with van der Waals surface area (Å²) in [6.07, 6.45) is -5.02. The molecule has 0 rings (SSSR count). The van der Waals surface area contributed by atoms with E-state index < -0.39 is 29.5 Å². The van der Waals surface area contributed by atoms with Gasteiger partial charge < -0.3 is 5.11 Å². The Morgan fingerprint density at radius 2 is 1.20 bits per heavy atom. The highest BCUT2D eigenvalue weighted by atomic mass is 19.4. The Bertz CT molecular complexity index is 229. The molecule has 0 aliphatic heterocycles. The number of rotatable bonds is 3. The molecule has 1 N–H and O–H groups in total. The van der Waals surface area contributed by atoms with Crippen LogP contribution in [0.15, 0.2) is 0 Å². The molecule has 0 aliphatic carbocycles. The first-order chi connectivity index (χ1) is 6.31. The SMILES string of the molecule is CC(C)(CO)C(F)(F)C(C)(C)C(F)(F)F. The molecule has 0 atom stereocenters. The molecule has 0 fully saturated rings. The van der Waals surface area contributed by atoms with Gasteiger partial charge in [-0.3, -0.25) is 0 Å². The van der Waals surface area contributed by atoms with Crippen molar-refractivity contribution >= 4 is 0 Å². The van der Waals surface area contributed by atoms with Gasteiger partial charge in [-0.05, 0) is 13.8 Å². The number of hydrogen-bond acceptors (Lipinski definition) is 1. The Morgan fingerprint density at radius 1 is 0.867 bits per heavy atom.